The van der Waals surface area contributed by atoms with Crippen LogP contribution >= 0.6 is 22.6 Å². The highest BCUT2D eigenvalue weighted by Gasteiger charge is 2.57. The Labute approximate surface area is 247 Å². The molecule has 39 heavy (non-hydrogen) atoms. The summed E-state index contributed by atoms with van der Waals surface area (Å²) in [6.45, 7) is 8.53. The molecule has 2 fully saturated rings. The Bertz CT molecular complexity index is 967. The van der Waals surface area contributed by atoms with Crippen molar-refractivity contribution < 1.29 is 28.5 Å². The molecule has 0 spiro atoms. The molecule has 0 bridgehead atoms. The van der Waals surface area contributed by atoms with Crippen LogP contribution in [-0.4, -0.2) is 55.0 Å². The minimum Gasteiger partial charge on any atom is -0.350 e. The topological polar surface area (TPSA) is 95.1 Å². The van der Waals surface area contributed by atoms with E-state index in [0.29, 0.717) is 12.3 Å². The highest BCUT2D eigenvalue weighted by atomic mass is 127. The summed E-state index contributed by atoms with van der Waals surface area (Å²) >= 11 is 2.12. The molecule has 2 aliphatic heterocycles. The smallest absolute Gasteiger partial charge is 0.319 e. The van der Waals surface area contributed by atoms with Crippen LogP contribution < -0.4 is 10.6 Å². The number of fused-ring (bicyclic) bond motifs is 1. The minimum absolute atomic E-state index is 0.345. The highest BCUT2D eigenvalue weighted by molar-refractivity contribution is 14.1. The number of hydrogen-bond acceptors (Lipinski definition) is 6. The summed E-state index contributed by atoms with van der Waals surface area (Å²) in [6.07, 6.45) is 12.4. The van der Waals surface area contributed by atoms with E-state index in [2.05, 4.69) is 40.1 Å². The Kier molecular flexibility index (Phi) is 13.2. The zero-order valence-corrected chi connectivity index (χ0v) is 26.0. The van der Waals surface area contributed by atoms with Crippen molar-refractivity contribution >= 4 is 46.3 Å². The largest absolute Gasteiger partial charge is 0.350 e. The standard InChI is InChI=1S/C30H45IN2O6/c1-5-6-7-8-9-10-11-12-13-14-19-36-28-27-26(38-30(3,4)39-27)25(37-28)21(2)32-29(35)33-24-16-15-22(17-18-34)20-23(24)31/h15-17,20-21,25-28H,5-14,19H2,1-4H3,(H2,32,33,35)/t21-,25+,26-,27-,28-/m0/s1. The molecule has 8 nitrogen and oxygen atoms in total. The molecule has 9 heteroatoms. The fraction of sp³-hybridized carbons (Fsp3) is 0.700. The maximum Gasteiger partial charge on any atom is 0.319 e. The van der Waals surface area contributed by atoms with Crippen LogP contribution in [0.5, 0.6) is 0 Å². The van der Waals surface area contributed by atoms with Crippen molar-refractivity contribution in [3.63, 3.8) is 0 Å². The fourth-order valence-electron chi connectivity index (χ4n) is 5.15. The third kappa shape index (κ3) is 10.1. The van der Waals surface area contributed by atoms with Crippen LogP contribution in [0.1, 0.15) is 97.5 Å². The third-order valence-corrected chi connectivity index (χ3v) is 8.04. The van der Waals surface area contributed by atoms with Gasteiger partial charge in [0.25, 0.3) is 0 Å². The van der Waals surface area contributed by atoms with Gasteiger partial charge in [-0.25, -0.2) is 9.59 Å². The van der Waals surface area contributed by atoms with E-state index in [-0.39, 0.29) is 24.3 Å². The predicted octanol–water partition coefficient (Wildman–Crippen LogP) is 6.83. The van der Waals surface area contributed by atoms with Crippen LogP contribution in [0.15, 0.2) is 18.2 Å². The summed E-state index contributed by atoms with van der Waals surface area (Å²) < 4.78 is 25.5. The average molecular weight is 657 g/mol. The first-order chi connectivity index (χ1) is 18.7. The van der Waals surface area contributed by atoms with E-state index in [4.69, 9.17) is 18.9 Å². The van der Waals surface area contributed by atoms with Gasteiger partial charge in [0.2, 0.25) is 0 Å². The normalized spacial score (nSPS) is 24.1. The maximum absolute atomic E-state index is 12.8. The summed E-state index contributed by atoms with van der Waals surface area (Å²) in [5.74, 6) is 1.02. The Balaban J connectivity index is 1.44. The van der Waals surface area contributed by atoms with Gasteiger partial charge in [0.15, 0.2) is 12.1 Å². The van der Waals surface area contributed by atoms with Crippen molar-refractivity contribution in [2.45, 2.75) is 128 Å². The minimum atomic E-state index is -0.744. The van der Waals surface area contributed by atoms with Gasteiger partial charge in [0.1, 0.15) is 24.3 Å². The van der Waals surface area contributed by atoms with Crippen LogP contribution in [0, 0.1) is 3.57 Å². The van der Waals surface area contributed by atoms with Crippen molar-refractivity contribution in [3.8, 4) is 0 Å². The molecular weight excluding hydrogens is 611 g/mol. The number of hydrogen-bond donors (Lipinski definition) is 2. The maximum atomic E-state index is 12.8. The summed E-state index contributed by atoms with van der Waals surface area (Å²) in [4.78, 5) is 23.4. The van der Waals surface area contributed by atoms with E-state index in [1.54, 1.807) is 24.1 Å². The molecule has 2 aliphatic rings. The first kappa shape index (κ1) is 32.0. The molecule has 0 radical (unpaired) electrons. The van der Waals surface area contributed by atoms with Gasteiger partial charge in [0.05, 0.1) is 11.7 Å². The van der Waals surface area contributed by atoms with E-state index in [1.165, 1.54) is 57.4 Å². The van der Waals surface area contributed by atoms with Gasteiger partial charge in [-0.1, -0.05) is 70.8 Å². The first-order valence-electron chi connectivity index (χ1n) is 14.4. The Morgan fingerprint density at radius 1 is 1.08 bits per heavy atom. The van der Waals surface area contributed by atoms with Crippen LogP contribution in [0.25, 0.3) is 6.08 Å². The SMILES string of the molecule is CCCCCCCCCCCCO[C@H]1O[C@H]([C@H](C)NC(=O)Nc2ccc(C=C=O)cc2I)[C@@H]2OC(C)(C)O[C@H]12. The van der Waals surface area contributed by atoms with E-state index in [0.717, 1.165) is 22.0 Å². The van der Waals surface area contributed by atoms with Crippen molar-refractivity contribution in [2.24, 2.45) is 0 Å². The lowest BCUT2D eigenvalue weighted by molar-refractivity contribution is -0.235. The first-order valence-corrected chi connectivity index (χ1v) is 15.5. The van der Waals surface area contributed by atoms with Crippen molar-refractivity contribution in [3.05, 3.63) is 27.3 Å². The number of rotatable bonds is 16. The monoisotopic (exact) mass is 656 g/mol. The molecule has 1 aromatic carbocycles. The molecule has 3 rings (SSSR count). The van der Waals surface area contributed by atoms with Gasteiger partial charge in [-0.2, -0.15) is 0 Å². The Hall–Kier alpha value is -1.49. The zero-order chi connectivity index (χ0) is 28.3. The molecule has 0 saturated carbocycles. The van der Waals surface area contributed by atoms with Gasteiger partial charge in [0, 0.05) is 16.3 Å². The highest BCUT2D eigenvalue weighted by Crippen LogP contribution is 2.40. The summed E-state index contributed by atoms with van der Waals surface area (Å²) in [7, 11) is 0. The quantitative estimate of drug-likeness (QED) is 0.115. The van der Waals surface area contributed by atoms with Crippen molar-refractivity contribution in [2.75, 3.05) is 11.9 Å². The van der Waals surface area contributed by atoms with Crippen molar-refractivity contribution in [1.82, 2.24) is 5.32 Å². The molecule has 2 N–H and O–H groups in total. The molecule has 218 valence electrons. The Morgan fingerprint density at radius 2 is 1.72 bits per heavy atom. The second-order valence-corrected chi connectivity index (χ2v) is 12.1. The van der Waals surface area contributed by atoms with Crippen molar-refractivity contribution in [1.29, 1.82) is 0 Å². The number of nitrogens with one attached hydrogen (secondary N) is 2. The van der Waals surface area contributed by atoms with Crippen LogP contribution in [-0.2, 0) is 23.7 Å². The Morgan fingerprint density at radius 3 is 2.36 bits per heavy atom. The molecular formula is C30H45IN2O6. The average Bonchev–Trinajstić information content (AvgIpc) is 3.37. The molecule has 1 aromatic rings. The number of carbonyl (C=O) groups excluding carboxylic acids is 2. The number of halogens is 1. The van der Waals surface area contributed by atoms with Gasteiger partial charge in [-0.15, -0.1) is 0 Å². The van der Waals surface area contributed by atoms with E-state index in [1.807, 2.05) is 20.8 Å². The molecule has 5 atom stereocenters. The summed E-state index contributed by atoms with van der Waals surface area (Å²) in [5, 5.41) is 5.84. The van der Waals surface area contributed by atoms with Crippen LogP contribution in [0.3, 0.4) is 0 Å². The number of carbonyl (C=O) groups is 1. The molecule has 0 unspecified atom stereocenters. The van der Waals surface area contributed by atoms with E-state index < -0.39 is 18.2 Å². The second kappa shape index (κ2) is 16.1. The third-order valence-electron chi connectivity index (χ3n) is 7.15. The summed E-state index contributed by atoms with van der Waals surface area (Å²) in [5.41, 5.74) is 1.37. The number of anilines is 1. The van der Waals surface area contributed by atoms with Gasteiger partial charge >= 0.3 is 6.03 Å². The lowest BCUT2D eigenvalue weighted by Gasteiger charge is -2.27. The lowest BCUT2D eigenvalue weighted by Crippen LogP contribution is -2.48. The number of benzene rings is 1. The molecule has 2 amide bonds. The molecule has 2 heterocycles. The lowest BCUT2D eigenvalue weighted by atomic mass is 10.1. The summed E-state index contributed by atoms with van der Waals surface area (Å²) in [6, 6.07) is 4.60. The number of urea groups is 1. The van der Waals surface area contributed by atoms with Gasteiger partial charge in [-0.3, -0.25) is 0 Å². The molecule has 0 aromatic heterocycles. The van der Waals surface area contributed by atoms with E-state index >= 15 is 0 Å². The van der Waals surface area contributed by atoms with Gasteiger partial charge < -0.3 is 29.6 Å². The predicted molar refractivity (Wildman–Crippen MR) is 161 cm³/mol. The fourth-order valence-corrected chi connectivity index (χ4v) is 5.83. The van der Waals surface area contributed by atoms with Gasteiger partial charge in [-0.05, 0) is 67.5 Å². The second-order valence-electron chi connectivity index (χ2n) is 11.0. The number of ether oxygens (including phenoxy) is 4. The van der Waals surface area contributed by atoms with Crippen LogP contribution in [0.4, 0.5) is 10.5 Å². The molecule has 2 saturated heterocycles. The number of amides is 2. The molecule has 0 aliphatic carbocycles. The van der Waals surface area contributed by atoms with Crippen LogP contribution in [0.2, 0.25) is 0 Å². The zero-order valence-electron chi connectivity index (χ0n) is 23.8. The number of unbranched alkanes of at least 4 members (excludes halogenated alkanes) is 9. The van der Waals surface area contributed by atoms with E-state index in [9.17, 15) is 9.59 Å².